The Kier molecular flexibility index (Phi) is 4.67. The van der Waals surface area contributed by atoms with Crippen LogP contribution in [0.5, 0.6) is 0 Å². The second kappa shape index (κ2) is 5.00. The topological polar surface area (TPSA) is 12.0 Å². The van der Waals surface area contributed by atoms with Gasteiger partial charge in [-0.05, 0) is 18.0 Å². The van der Waals surface area contributed by atoms with E-state index in [1.165, 1.54) is 5.70 Å². The highest BCUT2D eigenvalue weighted by atomic mass is 14.8. The average molecular weight is 153 g/mol. The number of hydrogen-bond acceptors (Lipinski definition) is 1. The first-order chi connectivity index (χ1) is 5.07. The number of allylic oxidation sites excluding steroid dienone is 2. The molecule has 0 aliphatic heterocycles. The summed E-state index contributed by atoms with van der Waals surface area (Å²) in [4.78, 5) is 0. The van der Waals surface area contributed by atoms with Crippen LogP contribution in [-0.2, 0) is 0 Å². The van der Waals surface area contributed by atoms with E-state index in [2.05, 4.69) is 45.7 Å². The zero-order valence-corrected chi connectivity index (χ0v) is 8.02. The normalized spacial score (nSPS) is 12.4. The number of hydrogen-bond donors (Lipinski definition) is 1. The lowest BCUT2D eigenvalue weighted by atomic mass is 10.1. The highest BCUT2D eigenvalue weighted by Crippen LogP contribution is 2.09. The van der Waals surface area contributed by atoms with Crippen molar-refractivity contribution in [2.75, 3.05) is 0 Å². The van der Waals surface area contributed by atoms with Crippen LogP contribution in [0.1, 0.15) is 27.7 Å². The molecule has 0 rings (SSSR count). The minimum Gasteiger partial charge on any atom is -0.366 e. The summed E-state index contributed by atoms with van der Waals surface area (Å²) in [6, 6.07) is 0. The van der Waals surface area contributed by atoms with E-state index >= 15 is 0 Å². The summed E-state index contributed by atoms with van der Waals surface area (Å²) in [6.45, 7) is 12.3. The average Bonchev–Trinajstić information content (AvgIpc) is 1.86. The Morgan fingerprint density at radius 1 is 1.27 bits per heavy atom. The molecule has 0 aromatic heterocycles. The zero-order valence-electron chi connectivity index (χ0n) is 8.02. The molecule has 0 unspecified atom stereocenters. The molecule has 1 heteroatoms. The van der Waals surface area contributed by atoms with Crippen LogP contribution in [0.2, 0.25) is 0 Å². The standard InChI is InChI=1S/C10H19N/c1-6-11-10(9(4)5)7-8(2)3/h6-9,11H,1H2,2-5H3/b10-7-. The molecule has 0 heterocycles. The summed E-state index contributed by atoms with van der Waals surface area (Å²) in [5.74, 6) is 1.15. The Bertz CT molecular complexity index is 143. The van der Waals surface area contributed by atoms with E-state index in [9.17, 15) is 0 Å². The maximum Gasteiger partial charge on any atom is 0.0134 e. The number of nitrogens with one attached hydrogen (secondary N) is 1. The molecule has 1 nitrogen and oxygen atoms in total. The van der Waals surface area contributed by atoms with Crippen molar-refractivity contribution in [2.45, 2.75) is 27.7 Å². The molecule has 0 spiro atoms. The van der Waals surface area contributed by atoms with Crippen molar-refractivity contribution < 1.29 is 0 Å². The lowest BCUT2D eigenvalue weighted by Crippen LogP contribution is -2.11. The minimum atomic E-state index is 0.551. The van der Waals surface area contributed by atoms with Gasteiger partial charge in [-0.25, -0.2) is 0 Å². The monoisotopic (exact) mass is 153 g/mol. The van der Waals surface area contributed by atoms with Gasteiger partial charge in [-0.1, -0.05) is 40.3 Å². The molecule has 0 aliphatic rings. The Balaban J connectivity index is 4.19. The summed E-state index contributed by atoms with van der Waals surface area (Å²) in [6.07, 6.45) is 3.96. The molecule has 0 atom stereocenters. The second-order valence-electron chi connectivity index (χ2n) is 3.37. The fourth-order valence-electron chi connectivity index (χ4n) is 0.884. The Labute approximate surface area is 70.2 Å². The number of rotatable bonds is 4. The van der Waals surface area contributed by atoms with Gasteiger partial charge in [0.25, 0.3) is 0 Å². The van der Waals surface area contributed by atoms with Gasteiger partial charge in [-0.15, -0.1) is 0 Å². The summed E-state index contributed by atoms with van der Waals surface area (Å²) < 4.78 is 0. The maximum absolute atomic E-state index is 3.64. The van der Waals surface area contributed by atoms with Crippen molar-refractivity contribution in [1.29, 1.82) is 0 Å². The van der Waals surface area contributed by atoms with E-state index in [1.54, 1.807) is 6.20 Å². The first kappa shape index (κ1) is 10.3. The van der Waals surface area contributed by atoms with E-state index in [0.717, 1.165) is 0 Å². The van der Waals surface area contributed by atoms with Crippen LogP contribution in [-0.4, -0.2) is 0 Å². The van der Waals surface area contributed by atoms with Crippen LogP contribution in [0.3, 0.4) is 0 Å². The predicted octanol–water partition coefficient (Wildman–Crippen LogP) is 2.92. The summed E-state index contributed by atoms with van der Waals surface area (Å²) >= 11 is 0. The van der Waals surface area contributed by atoms with Gasteiger partial charge >= 0.3 is 0 Å². The molecule has 0 amide bonds. The van der Waals surface area contributed by atoms with E-state index < -0.39 is 0 Å². The first-order valence-electron chi connectivity index (χ1n) is 4.17. The van der Waals surface area contributed by atoms with E-state index in [0.29, 0.717) is 11.8 Å². The third-order valence-electron chi connectivity index (χ3n) is 1.40. The molecule has 0 aromatic rings. The molecule has 11 heavy (non-hydrogen) atoms. The molecular weight excluding hydrogens is 134 g/mol. The summed E-state index contributed by atoms with van der Waals surface area (Å²) in [7, 11) is 0. The van der Waals surface area contributed by atoms with Crippen LogP contribution >= 0.6 is 0 Å². The van der Waals surface area contributed by atoms with Crippen molar-refractivity contribution in [3.05, 3.63) is 24.6 Å². The van der Waals surface area contributed by atoms with Gasteiger partial charge in [0, 0.05) is 5.70 Å². The Morgan fingerprint density at radius 3 is 2.09 bits per heavy atom. The van der Waals surface area contributed by atoms with Crippen molar-refractivity contribution in [2.24, 2.45) is 11.8 Å². The fourth-order valence-corrected chi connectivity index (χ4v) is 0.884. The van der Waals surface area contributed by atoms with Gasteiger partial charge < -0.3 is 5.32 Å². The quantitative estimate of drug-likeness (QED) is 0.654. The summed E-state index contributed by atoms with van der Waals surface area (Å²) in [5, 5.41) is 3.14. The molecule has 0 radical (unpaired) electrons. The SMILES string of the molecule is C=CN/C(=C\C(C)C)C(C)C. The molecule has 0 aliphatic carbocycles. The third kappa shape index (κ3) is 4.65. The van der Waals surface area contributed by atoms with Crippen LogP contribution in [0.4, 0.5) is 0 Å². The lowest BCUT2D eigenvalue weighted by Gasteiger charge is -2.12. The molecule has 0 saturated heterocycles. The highest BCUT2D eigenvalue weighted by molar-refractivity contribution is 5.06. The lowest BCUT2D eigenvalue weighted by molar-refractivity contribution is 0.685. The van der Waals surface area contributed by atoms with Crippen molar-refractivity contribution in [1.82, 2.24) is 5.32 Å². The molecule has 0 fully saturated rings. The molecule has 64 valence electrons. The van der Waals surface area contributed by atoms with Crippen molar-refractivity contribution >= 4 is 0 Å². The van der Waals surface area contributed by atoms with E-state index in [1.807, 2.05) is 0 Å². The van der Waals surface area contributed by atoms with Crippen molar-refractivity contribution in [3.8, 4) is 0 Å². The third-order valence-corrected chi connectivity index (χ3v) is 1.40. The van der Waals surface area contributed by atoms with Gasteiger partial charge in [0.15, 0.2) is 0 Å². The molecular formula is C10H19N. The Hall–Kier alpha value is -0.720. The van der Waals surface area contributed by atoms with Gasteiger partial charge in [0.2, 0.25) is 0 Å². The van der Waals surface area contributed by atoms with Crippen LogP contribution < -0.4 is 5.32 Å². The second-order valence-corrected chi connectivity index (χ2v) is 3.37. The van der Waals surface area contributed by atoms with E-state index in [-0.39, 0.29) is 0 Å². The molecule has 0 bridgehead atoms. The Morgan fingerprint density at radius 2 is 1.82 bits per heavy atom. The minimum absolute atomic E-state index is 0.551. The van der Waals surface area contributed by atoms with E-state index in [4.69, 9.17) is 0 Å². The van der Waals surface area contributed by atoms with Gasteiger partial charge in [-0.2, -0.15) is 0 Å². The van der Waals surface area contributed by atoms with Crippen molar-refractivity contribution in [3.63, 3.8) is 0 Å². The summed E-state index contributed by atoms with van der Waals surface area (Å²) in [5.41, 5.74) is 1.26. The van der Waals surface area contributed by atoms with Gasteiger partial charge in [0.1, 0.15) is 0 Å². The zero-order chi connectivity index (χ0) is 8.85. The largest absolute Gasteiger partial charge is 0.366 e. The fraction of sp³-hybridized carbons (Fsp3) is 0.600. The van der Waals surface area contributed by atoms with Crippen LogP contribution in [0.25, 0.3) is 0 Å². The van der Waals surface area contributed by atoms with Gasteiger partial charge in [0.05, 0.1) is 0 Å². The maximum atomic E-state index is 3.64. The molecule has 1 N–H and O–H groups in total. The smallest absolute Gasteiger partial charge is 0.0134 e. The molecule has 0 saturated carbocycles. The van der Waals surface area contributed by atoms with Crippen LogP contribution in [0, 0.1) is 11.8 Å². The van der Waals surface area contributed by atoms with Gasteiger partial charge in [-0.3, -0.25) is 0 Å². The first-order valence-corrected chi connectivity index (χ1v) is 4.17. The highest BCUT2D eigenvalue weighted by Gasteiger charge is 2.00. The predicted molar refractivity (Wildman–Crippen MR) is 51.1 cm³/mol. The van der Waals surface area contributed by atoms with Crippen LogP contribution in [0.15, 0.2) is 24.6 Å². The molecule has 0 aromatic carbocycles.